The standard InChI is InChI=1S/C20H17N5O4/c1-2-28-20(27)21-15-8-9-16-14(10-18(26)29-17(16)11-15)12-25-23-19(22-24-25)13-6-4-3-5-7-13/h3-11H,2,12H2,1H3,(H,21,27). The third-order valence-corrected chi connectivity index (χ3v) is 4.15. The topological polar surface area (TPSA) is 112 Å². The third-order valence-electron chi connectivity index (χ3n) is 4.15. The van der Waals surface area contributed by atoms with E-state index >= 15 is 0 Å². The fourth-order valence-electron chi connectivity index (χ4n) is 2.89. The summed E-state index contributed by atoms with van der Waals surface area (Å²) < 4.78 is 10.1. The Morgan fingerprint density at radius 2 is 2.00 bits per heavy atom. The van der Waals surface area contributed by atoms with Gasteiger partial charge in [-0.1, -0.05) is 30.3 Å². The van der Waals surface area contributed by atoms with Crippen molar-refractivity contribution < 1.29 is 13.9 Å². The lowest BCUT2D eigenvalue weighted by atomic mass is 10.1. The van der Waals surface area contributed by atoms with E-state index in [0.717, 1.165) is 5.56 Å². The van der Waals surface area contributed by atoms with Crippen LogP contribution in [0, 0.1) is 0 Å². The van der Waals surface area contributed by atoms with Crippen LogP contribution < -0.4 is 10.9 Å². The molecule has 0 saturated heterocycles. The Balaban J connectivity index is 1.63. The summed E-state index contributed by atoms with van der Waals surface area (Å²) in [6.45, 7) is 2.22. The molecule has 0 unspecified atom stereocenters. The summed E-state index contributed by atoms with van der Waals surface area (Å²) >= 11 is 0. The number of anilines is 1. The zero-order valence-corrected chi connectivity index (χ0v) is 15.5. The minimum Gasteiger partial charge on any atom is -0.450 e. The van der Waals surface area contributed by atoms with Gasteiger partial charge in [0.25, 0.3) is 0 Å². The molecule has 2 heterocycles. The minimum atomic E-state index is -0.578. The molecule has 9 nitrogen and oxygen atoms in total. The summed E-state index contributed by atoms with van der Waals surface area (Å²) in [4.78, 5) is 25.0. The molecule has 29 heavy (non-hydrogen) atoms. The Bertz CT molecular complexity index is 1220. The van der Waals surface area contributed by atoms with Crippen LogP contribution in [0.1, 0.15) is 12.5 Å². The Morgan fingerprint density at radius 3 is 2.79 bits per heavy atom. The molecule has 0 saturated carbocycles. The molecule has 2 aromatic heterocycles. The number of fused-ring (bicyclic) bond motifs is 1. The van der Waals surface area contributed by atoms with Gasteiger partial charge >= 0.3 is 11.7 Å². The maximum absolute atomic E-state index is 12.0. The summed E-state index contributed by atoms with van der Waals surface area (Å²) in [7, 11) is 0. The first-order chi connectivity index (χ1) is 14.1. The highest BCUT2D eigenvalue weighted by Crippen LogP contribution is 2.22. The smallest absolute Gasteiger partial charge is 0.411 e. The normalized spacial score (nSPS) is 10.8. The molecule has 0 aliphatic rings. The Hall–Kier alpha value is -4.01. The SMILES string of the molecule is CCOC(=O)Nc1ccc2c(Cn3nnc(-c4ccccc4)n3)cc(=O)oc2c1. The van der Waals surface area contributed by atoms with Crippen molar-refractivity contribution in [1.29, 1.82) is 0 Å². The molecule has 9 heteroatoms. The Morgan fingerprint density at radius 1 is 1.17 bits per heavy atom. The van der Waals surface area contributed by atoms with Crippen molar-refractivity contribution in [2.45, 2.75) is 13.5 Å². The minimum absolute atomic E-state index is 0.243. The average Bonchev–Trinajstić information content (AvgIpc) is 3.17. The van der Waals surface area contributed by atoms with E-state index in [1.807, 2.05) is 30.3 Å². The van der Waals surface area contributed by atoms with Gasteiger partial charge in [-0.05, 0) is 29.8 Å². The second-order valence-corrected chi connectivity index (χ2v) is 6.16. The van der Waals surface area contributed by atoms with Crippen molar-refractivity contribution in [1.82, 2.24) is 20.2 Å². The van der Waals surface area contributed by atoms with Crippen LogP contribution in [-0.4, -0.2) is 32.9 Å². The van der Waals surface area contributed by atoms with Gasteiger partial charge in [-0.3, -0.25) is 5.32 Å². The third kappa shape index (κ3) is 4.13. The monoisotopic (exact) mass is 391 g/mol. The van der Waals surface area contributed by atoms with Crippen LogP contribution in [-0.2, 0) is 11.3 Å². The van der Waals surface area contributed by atoms with E-state index in [-0.39, 0.29) is 13.2 Å². The summed E-state index contributed by atoms with van der Waals surface area (Å²) in [5.74, 6) is 0.499. The molecule has 1 amide bonds. The highest BCUT2D eigenvalue weighted by atomic mass is 16.5. The number of benzene rings is 2. The summed E-state index contributed by atoms with van der Waals surface area (Å²) in [5, 5.41) is 15.8. The van der Waals surface area contributed by atoms with E-state index in [2.05, 4.69) is 20.7 Å². The van der Waals surface area contributed by atoms with Crippen LogP contribution in [0.2, 0.25) is 0 Å². The summed E-state index contributed by atoms with van der Waals surface area (Å²) in [6, 6.07) is 15.9. The fourth-order valence-corrected chi connectivity index (χ4v) is 2.89. The molecule has 0 spiro atoms. The second-order valence-electron chi connectivity index (χ2n) is 6.16. The highest BCUT2D eigenvalue weighted by Gasteiger charge is 2.11. The number of carbonyl (C=O) groups excluding carboxylic acids is 1. The molecule has 1 N–H and O–H groups in total. The van der Waals surface area contributed by atoms with Gasteiger partial charge in [-0.2, -0.15) is 4.80 Å². The number of aromatic nitrogens is 4. The molecule has 0 radical (unpaired) electrons. The van der Waals surface area contributed by atoms with Crippen molar-refractivity contribution in [2.24, 2.45) is 0 Å². The first-order valence-electron chi connectivity index (χ1n) is 8.96. The van der Waals surface area contributed by atoms with Gasteiger partial charge in [0.1, 0.15) is 5.58 Å². The van der Waals surface area contributed by atoms with Crippen LogP contribution in [0.25, 0.3) is 22.4 Å². The van der Waals surface area contributed by atoms with Gasteiger partial charge < -0.3 is 9.15 Å². The molecule has 146 valence electrons. The molecule has 0 bridgehead atoms. The largest absolute Gasteiger partial charge is 0.450 e. The molecular formula is C20H17N5O4. The molecule has 4 rings (SSSR count). The highest BCUT2D eigenvalue weighted by molar-refractivity contribution is 5.89. The van der Waals surface area contributed by atoms with Crippen molar-refractivity contribution in [3.05, 3.63) is 70.6 Å². The van der Waals surface area contributed by atoms with Crippen LogP contribution in [0.15, 0.2) is 63.8 Å². The molecule has 0 aliphatic carbocycles. The Kier molecular flexibility index (Phi) is 5.02. The summed E-state index contributed by atoms with van der Waals surface area (Å²) in [6.07, 6.45) is -0.578. The maximum atomic E-state index is 12.0. The lowest BCUT2D eigenvalue weighted by Crippen LogP contribution is -2.13. The van der Waals surface area contributed by atoms with Gasteiger partial charge in [0.05, 0.1) is 13.2 Å². The van der Waals surface area contributed by atoms with E-state index in [4.69, 9.17) is 9.15 Å². The maximum Gasteiger partial charge on any atom is 0.411 e. The van der Waals surface area contributed by atoms with Crippen LogP contribution in [0.5, 0.6) is 0 Å². The van der Waals surface area contributed by atoms with Crippen LogP contribution >= 0.6 is 0 Å². The van der Waals surface area contributed by atoms with E-state index in [1.54, 1.807) is 25.1 Å². The zero-order chi connectivity index (χ0) is 20.2. The molecule has 0 aliphatic heterocycles. The molecule has 0 atom stereocenters. The fraction of sp³-hybridized carbons (Fsp3) is 0.150. The Labute approximate surface area is 164 Å². The number of ether oxygens (including phenoxy) is 1. The number of rotatable bonds is 5. The van der Waals surface area contributed by atoms with Crippen molar-refractivity contribution in [3.8, 4) is 11.4 Å². The zero-order valence-electron chi connectivity index (χ0n) is 15.5. The number of amides is 1. The molecule has 4 aromatic rings. The number of nitrogens with one attached hydrogen (secondary N) is 1. The quantitative estimate of drug-likeness (QED) is 0.520. The van der Waals surface area contributed by atoms with E-state index < -0.39 is 11.7 Å². The molecule has 2 aromatic carbocycles. The first-order valence-corrected chi connectivity index (χ1v) is 8.96. The number of hydrogen-bond acceptors (Lipinski definition) is 7. The van der Waals surface area contributed by atoms with E-state index in [9.17, 15) is 9.59 Å². The second kappa shape index (κ2) is 7.93. The van der Waals surface area contributed by atoms with E-state index in [1.165, 1.54) is 10.9 Å². The number of nitrogens with zero attached hydrogens (tertiary/aromatic N) is 4. The van der Waals surface area contributed by atoms with E-state index in [0.29, 0.717) is 28.0 Å². The van der Waals surface area contributed by atoms with Gasteiger partial charge in [0, 0.05) is 28.8 Å². The first kappa shape index (κ1) is 18.4. The van der Waals surface area contributed by atoms with Crippen molar-refractivity contribution >= 4 is 22.7 Å². The summed E-state index contributed by atoms with van der Waals surface area (Å²) in [5.41, 5.74) is 1.82. The molecular weight excluding hydrogens is 374 g/mol. The number of tetrazole rings is 1. The number of hydrogen-bond donors (Lipinski definition) is 1. The van der Waals surface area contributed by atoms with Crippen LogP contribution in [0.3, 0.4) is 0 Å². The predicted molar refractivity (Wildman–Crippen MR) is 105 cm³/mol. The average molecular weight is 391 g/mol. The van der Waals surface area contributed by atoms with Crippen molar-refractivity contribution in [2.75, 3.05) is 11.9 Å². The lowest BCUT2D eigenvalue weighted by Gasteiger charge is -2.08. The lowest BCUT2D eigenvalue weighted by molar-refractivity contribution is 0.168. The number of carbonyl (C=O) groups is 1. The van der Waals surface area contributed by atoms with Gasteiger partial charge in [0.2, 0.25) is 5.82 Å². The molecule has 0 fully saturated rings. The predicted octanol–water partition coefficient (Wildman–Crippen LogP) is 3.06. The van der Waals surface area contributed by atoms with Gasteiger partial charge in [-0.25, -0.2) is 9.59 Å². The van der Waals surface area contributed by atoms with Crippen molar-refractivity contribution in [3.63, 3.8) is 0 Å². The van der Waals surface area contributed by atoms with Crippen LogP contribution in [0.4, 0.5) is 10.5 Å². The van der Waals surface area contributed by atoms with Gasteiger partial charge in [-0.15, -0.1) is 10.2 Å². The van der Waals surface area contributed by atoms with Gasteiger partial charge in [0.15, 0.2) is 0 Å².